The number of anilines is 1. The molecule has 2 N–H and O–H groups in total. The van der Waals surface area contributed by atoms with Crippen LogP contribution in [0.25, 0.3) is 0 Å². The minimum Gasteiger partial charge on any atom is -0.398 e. The molecule has 0 atom stereocenters. The van der Waals surface area contributed by atoms with Gasteiger partial charge in [-0.2, -0.15) is 5.10 Å². The number of aromatic nitrogens is 3. The molecular weight excluding hydrogens is 320 g/mol. The quantitative estimate of drug-likeness (QED) is 0.852. The fraction of sp³-hybridized carbons (Fsp3) is 0.200. The zero-order valence-electron chi connectivity index (χ0n) is 9.54. The molecule has 0 aliphatic carbocycles. The Labute approximate surface area is 113 Å². The first-order valence-corrected chi connectivity index (χ1v) is 7.45. The molecule has 0 aliphatic heterocycles. The van der Waals surface area contributed by atoms with Crippen LogP contribution in [-0.4, -0.2) is 23.2 Å². The molecule has 0 unspecified atom stereocenters. The number of sulfone groups is 1. The van der Waals surface area contributed by atoms with Gasteiger partial charge in [-0.25, -0.2) is 13.4 Å². The van der Waals surface area contributed by atoms with E-state index in [2.05, 4.69) is 26.0 Å². The van der Waals surface area contributed by atoms with Crippen molar-refractivity contribution in [3.8, 4) is 0 Å². The number of benzene rings is 1. The van der Waals surface area contributed by atoms with Gasteiger partial charge in [0, 0.05) is 11.5 Å². The molecule has 1 heterocycles. The van der Waals surface area contributed by atoms with Gasteiger partial charge in [0.1, 0.15) is 17.9 Å². The molecule has 2 rings (SSSR count). The molecule has 0 spiro atoms. The summed E-state index contributed by atoms with van der Waals surface area (Å²) in [6, 6.07) is 4.68. The molecule has 6 nitrogen and oxygen atoms in total. The maximum atomic E-state index is 12.2. The topological polar surface area (TPSA) is 90.9 Å². The Kier molecular flexibility index (Phi) is 3.40. The summed E-state index contributed by atoms with van der Waals surface area (Å²) in [6.07, 6.45) is 1.32. The van der Waals surface area contributed by atoms with E-state index in [9.17, 15) is 8.42 Å². The standard InChI is InChI=1S/C10H11BrN4O2S/c1-15-10(13-6-14-15)5-18(16,17)9-3-2-7(11)4-8(9)12/h2-4,6H,5,12H2,1H3. The molecule has 8 heteroatoms. The van der Waals surface area contributed by atoms with Crippen LogP contribution in [0.4, 0.5) is 5.69 Å². The highest BCUT2D eigenvalue weighted by atomic mass is 79.9. The predicted octanol–water partition coefficient (Wildman–Crippen LogP) is 1.13. The first-order valence-electron chi connectivity index (χ1n) is 5.01. The minimum absolute atomic E-state index is 0.105. The van der Waals surface area contributed by atoms with E-state index in [1.165, 1.54) is 17.1 Å². The van der Waals surface area contributed by atoms with E-state index in [0.717, 1.165) is 4.47 Å². The van der Waals surface area contributed by atoms with E-state index in [-0.39, 0.29) is 16.3 Å². The Morgan fingerprint density at radius 1 is 1.44 bits per heavy atom. The van der Waals surface area contributed by atoms with Gasteiger partial charge in [0.2, 0.25) is 0 Å². The van der Waals surface area contributed by atoms with Crippen molar-refractivity contribution in [2.75, 3.05) is 5.73 Å². The van der Waals surface area contributed by atoms with Crippen LogP contribution in [0.3, 0.4) is 0 Å². The number of halogens is 1. The van der Waals surface area contributed by atoms with Crippen molar-refractivity contribution >= 4 is 31.5 Å². The molecule has 1 aromatic heterocycles. The highest BCUT2D eigenvalue weighted by Crippen LogP contribution is 2.25. The van der Waals surface area contributed by atoms with Gasteiger partial charge in [-0.3, -0.25) is 4.68 Å². The van der Waals surface area contributed by atoms with Gasteiger partial charge < -0.3 is 5.73 Å². The zero-order chi connectivity index (χ0) is 13.3. The highest BCUT2D eigenvalue weighted by Gasteiger charge is 2.20. The smallest absolute Gasteiger partial charge is 0.187 e. The molecule has 96 valence electrons. The third kappa shape index (κ3) is 2.54. The van der Waals surface area contributed by atoms with Gasteiger partial charge in [-0.05, 0) is 18.2 Å². The Morgan fingerprint density at radius 2 is 2.17 bits per heavy atom. The third-order valence-electron chi connectivity index (χ3n) is 2.43. The molecule has 0 saturated carbocycles. The van der Waals surface area contributed by atoms with Gasteiger partial charge in [0.25, 0.3) is 0 Å². The summed E-state index contributed by atoms with van der Waals surface area (Å²) < 4.78 is 26.6. The average Bonchev–Trinajstić information content (AvgIpc) is 2.63. The van der Waals surface area contributed by atoms with Crippen LogP contribution in [-0.2, 0) is 22.6 Å². The number of aryl methyl sites for hydroxylation is 1. The molecule has 0 amide bonds. The fourth-order valence-electron chi connectivity index (χ4n) is 1.50. The number of nitrogen functional groups attached to an aromatic ring is 1. The van der Waals surface area contributed by atoms with Crippen molar-refractivity contribution in [2.24, 2.45) is 7.05 Å². The van der Waals surface area contributed by atoms with Crippen molar-refractivity contribution in [3.63, 3.8) is 0 Å². The van der Waals surface area contributed by atoms with E-state index in [4.69, 9.17) is 5.73 Å². The van der Waals surface area contributed by atoms with Crippen LogP contribution < -0.4 is 5.73 Å². The highest BCUT2D eigenvalue weighted by molar-refractivity contribution is 9.10. The van der Waals surface area contributed by atoms with Crippen LogP contribution in [0.5, 0.6) is 0 Å². The molecule has 18 heavy (non-hydrogen) atoms. The van der Waals surface area contributed by atoms with Gasteiger partial charge in [-0.15, -0.1) is 0 Å². The molecule has 0 bridgehead atoms. The van der Waals surface area contributed by atoms with Crippen LogP contribution in [0.15, 0.2) is 33.9 Å². The Hall–Kier alpha value is -1.41. The number of hydrogen-bond donors (Lipinski definition) is 1. The number of nitrogens with two attached hydrogens (primary N) is 1. The summed E-state index contributed by atoms with van der Waals surface area (Å²) in [5.74, 6) is 0.146. The monoisotopic (exact) mass is 330 g/mol. The van der Waals surface area contributed by atoms with Crippen molar-refractivity contribution in [3.05, 3.63) is 34.8 Å². The fourth-order valence-corrected chi connectivity index (χ4v) is 3.33. The SMILES string of the molecule is Cn1ncnc1CS(=O)(=O)c1ccc(Br)cc1N. The number of nitrogens with zero attached hydrogens (tertiary/aromatic N) is 3. The normalized spacial score (nSPS) is 11.7. The number of hydrogen-bond acceptors (Lipinski definition) is 5. The molecule has 0 saturated heterocycles. The molecule has 0 fully saturated rings. The molecular formula is C10H11BrN4O2S. The van der Waals surface area contributed by atoms with Gasteiger partial charge in [-0.1, -0.05) is 15.9 Å². The maximum Gasteiger partial charge on any atom is 0.187 e. The van der Waals surface area contributed by atoms with Crippen molar-refractivity contribution in [2.45, 2.75) is 10.6 Å². The molecule has 2 aromatic rings. The average molecular weight is 331 g/mol. The first kappa shape index (κ1) is 13.0. The molecule has 1 aromatic carbocycles. The lowest BCUT2D eigenvalue weighted by Gasteiger charge is -2.07. The van der Waals surface area contributed by atoms with Crippen LogP contribution in [0.2, 0.25) is 0 Å². The van der Waals surface area contributed by atoms with Crippen molar-refractivity contribution in [1.82, 2.24) is 14.8 Å². The second-order valence-electron chi connectivity index (χ2n) is 3.74. The zero-order valence-corrected chi connectivity index (χ0v) is 11.9. The van der Waals surface area contributed by atoms with Crippen LogP contribution in [0.1, 0.15) is 5.82 Å². The Morgan fingerprint density at radius 3 is 2.72 bits per heavy atom. The summed E-state index contributed by atoms with van der Waals surface area (Å²) >= 11 is 3.23. The Bertz CT molecular complexity index is 681. The van der Waals surface area contributed by atoms with Crippen LogP contribution in [0, 0.1) is 0 Å². The second-order valence-corrected chi connectivity index (χ2v) is 6.61. The minimum atomic E-state index is -3.52. The summed E-state index contributed by atoms with van der Waals surface area (Å²) in [4.78, 5) is 4.00. The lowest BCUT2D eigenvalue weighted by molar-refractivity contribution is 0.591. The van der Waals surface area contributed by atoms with E-state index in [1.807, 2.05) is 0 Å². The first-order chi connectivity index (χ1) is 8.40. The van der Waals surface area contributed by atoms with Crippen molar-refractivity contribution in [1.29, 1.82) is 0 Å². The molecule has 0 aliphatic rings. The summed E-state index contributed by atoms with van der Waals surface area (Å²) in [5, 5.41) is 3.83. The summed E-state index contributed by atoms with van der Waals surface area (Å²) in [6.45, 7) is 0. The molecule has 0 radical (unpaired) electrons. The summed E-state index contributed by atoms with van der Waals surface area (Å²) in [5.41, 5.74) is 5.94. The second kappa shape index (κ2) is 4.69. The number of rotatable bonds is 3. The maximum absolute atomic E-state index is 12.2. The lowest BCUT2D eigenvalue weighted by atomic mass is 10.3. The Balaban J connectivity index is 2.40. The lowest BCUT2D eigenvalue weighted by Crippen LogP contribution is -2.11. The van der Waals surface area contributed by atoms with E-state index in [1.54, 1.807) is 19.2 Å². The van der Waals surface area contributed by atoms with Gasteiger partial charge in [0.05, 0.1) is 10.6 Å². The van der Waals surface area contributed by atoms with E-state index in [0.29, 0.717) is 5.82 Å². The van der Waals surface area contributed by atoms with E-state index < -0.39 is 9.84 Å². The third-order valence-corrected chi connectivity index (χ3v) is 4.60. The van der Waals surface area contributed by atoms with Gasteiger partial charge in [0.15, 0.2) is 9.84 Å². The van der Waals surface area contributed by atoms with E-state index >= 15 is 0 Å². The predicted molar refractivity (Wildman–Crippen MR) is 70.4 cm³/mol. The van der Waals surface area contributed by atoms with Gasteiger partial charge >= 0.3 is 0 Å². The summed E-state index contributed by atoms with van der Waals surface area (Å²) in [7, 11) is -1.88. The van der Waals surface area contributed by atoms with Crippen molar-refractivity contribution < 1.29 is 8.42 Å². The largest absolute Gasteiger partial charge is 0.398 e. The van der Waals surface area contributed by atoms with Crippen LogP contribution >= 0.6 is 15.9 Å².